The van der Waals surface area contributed by atoms with Gasteiger partial charge in [-0.25, -0.2) is 4.79 Å². The summed E-state index contributed by atoms with van der Waals surface area (Å²) in [6.07, 6.45) is 0. The van der Waals surface area contributed by atoms with E-state index in [2.05, 4.69) is 0 Å². The molecule has 0 amide bonds. The van der Waals surface area contributed by atoms with Gasteiger partial charge in [-0.3, -0.25) is 9.36 Å². The molecular formula is C22H23NO5. The van der Waals surface area contributed by atoms with Gasteiger partial charge in [0.1, 0.15) is 12.4 Å². The van der Waals surface area contributed by atoms with Crippen molar-refractivity contribution in [1.82, 2.24) is 4.57 Å². The number of carbonyl (C=O) groups excluding carboxylic acids is 1. The summed E-state index contributed by atoms with van der Waals surface area (Å²) < 4.78 is 11.8. The van der Waals surface area contributed by atoms with Gasteiger partial charge in [-0.15, -0.1) is 0 Å². The minimum Gasteiger partial charge on any atom is -0.505 e. The van der Waals surface area contributed by atoms with Crippen LogP contribution in [0.25, 0.3) is 10.8 Å². The summed E-state index contributed by atoms with van der Waals surface area (Å²) in [4.78, 5) is 25.2. The second kappa shape index (κ2) is 8.17. The number of hydrogen-bond donors (Lipinski definition) is 1. The van der Waals surface area contributed by atoms with Crippen LogP contribution in [0.3, 0.4) is 0 Å². The Bertz CT molecular complexity index is 1050. The van der Waals surface area contributed by atoms with Gasteiger partial charge in [0.15, 0.2) is 11.4 Å². The van der Waals surface area contributed by atoms with E-state index in [1.807, 2.05) is 44.2 Å². The van der Waals surface area contributed by atoms with E-state index in [-0.39, 0.29) is 28.3 Å². The van der Waals surface area contributed by atoms with Crippen molar-refractivity contribution in [1.29, 1.82) is 0 Å². The van der Waals surface area contributed by atoms with Gasteiger partial charge in [-0.05, 0) is 29.7 Å². The number of rotatable bonds is 6. The van der Waals surface area contributed by atoms with Crippen molar-refractivity contribution in [2.75, 3.05) is 7.11 Å². The highest BCUT2D eigenvalue weighted by Crippen LogP contribution is 2.30. The lowest BCUT2D eigenvalue weighted by Gasteiger charge is -2.17. The van der Waals surface area contributed by atoms with Gasteiger partial charge in [0.2, 0.25) is 0 Å². The van der Waals surface area contributed by atoms with Crippen LogP contribution in [0, 0.1) is 5.92 Å². The van der Waals surface area contributed by atoms with Crippen molar-refractivity contribution in [3.63, 3.8) is 0 Å². The number of nitrogens with zero attached hydrogens (tertiary/aromatic N) is 1. The fourth-order valence-electron chi connectivity index (χ4n) is 3.08. The maximum atomic E-state index is 13.0. The fourth-order valence-corrected chi connectivity index (χ4v) is 3.08. The average Bonchev–Trinajstić information content (AvgIpc) is 2.70. The molecule has 2 aromatic carbocycles. The molecule has 0 radical (unpaired) electrons. The molecule has 0 saturated heterocycles. The minimum absolute atomic E-state index is 0.103. The van der Waals surface area contributed by atoms with Crippen molar-refractivity contribution in [3.05, 3.63) is 70.1 Å². The molecule has 0 unspecified atom stereocenters. The maximum absolute atomic E-state index is 13.0. The van der Waals surface area contributed by atoms with Crippen molar-refractivity contribution >= 4 is 16.7 Å². The SMILES string of the molecule is COC(=O)c1c(O)c2cc(OCc3ccccc3)ccc2c(=O)n1CC(C)C. The van der Waals surface area contributed by atoms with Crippen LogP contribution in [-0.2, 0) is 17.9 Å². The topological polar surface area (TPSA) is 77.8 Å². The third-order valence-electron chi connectivity index (χ3n) is 4.39. The van der Waals surface area contributed by atoms with Crippen molar-refractivity contribution in [3.8, 4) is 11.5 Å². The number of ether oxygens (including phenoxy) is 2. The first-order chi connectivity index (χ1) is 13.4. The van der Waals surface area contributed by atoms with E-state index in [1.54, 1.807) is 18.2 Å². The number of fused-ring (bicyclic) bond motifs is 1. The normalized spacial score (nSPS) is 11.0. The Morgan fingerprint density at radius 1 is 1.11 bits per heavy atom. The summed E-state index contributed by atoms with van der Waals surface area (Å²) in [7, 11) is 1.22. The molecule has 3 aromatic rings. The van der Waals surface area contributed by atoms with Gasteiger partial charge in [-0.2, -0.15) is 0 Å². The summed E-state index contributed by atoms with van der Waals surface area (Å²) in [5.74, 6) is -0.449. The van der Waals surface area contributed by atoms with Crippen LogP contribution in [0.4, 0.5) is 0 Å². The molecule has 0 aliphatic carbocycles. The first kappa shape index (κ1) is 19.5. The molecule has 0 atom stereocenters. The smallest absolute Gasteiger partial charge is 0.358 e. The molecule has 1 heterocycles. The second-order valence-corrected chi connectivity index (χ2v) is 6.98. The Morgan fingerprint density at radius 2 is 1.82 bits per heavy atom. The number of esters is 1. The summed E-state index contributed by atoms with van der Waals surface area (Å²) in [6, 6.07) is 14.5. The molecule has 0 aliphatic heterocycles. The van der Waals surface area contributed by atoms with E-state index >= 15 is 0 Å². The average molecular weight is 381 g/mol. The Labute approximate surface area is 162 Å². The van der Waals surface area contributed by atoms with E-state index < -0.39 is 5.97 Å². The molecule has 6 heteroatoms. The number of benzene rings is 2. The van der Waals surface area contributed by atoms with Crippen molar-refractivity contribution < 1.29 is 19.4 Å². The largest absolute Gasteiger partial charge is 0.505 e. The predicted molar refractivity (Wildman–Crippen MR) is 107 cm³/mol. The van der Waals surface area contributed by atoms with Crippen molar-refractivity contribution in [2.45, 2.75) is 27.0 Å². The molecule has 1 N–H and O–H groups in total. The number of pyridine rings is 1. The first-order valence-electron chi connectivity index (χ1n) is 9.07. The second-order valence-electron chi connectivity index (χ2n) is 6.98. The first-order valence-corrected chi connectivity index (χ1v) is 9.07. The standard InChI is InChI=1S/C22H23NO5/c1-14(2)12-23-19(22(26)27-3)20(24)18-11-16(9-10-17(18)21(23)25)28-13-15-7-5-4-6-8-15/h4-11,14,24H,12-13H2,1-3H3. The maximum Gasteiger partial charge on any atom is 0.358 e. The number of aromatic hydroxyl groups is 1. The molecule has 0 aliphatic rings. The van der Waals surface area contributed by atoms with Crippen LogP contribution in [-0.4, -0.2) is 22.8 Å². The van der Waals surface area contributed by atoms with Gasteiger partial charge in [0.05, 0.1) is 12.5 Å². The lowest BCUT2D eigenvalue weighted by Crippen LogP contribution is -2.28. The Hall–Kier alpha value is -3.28. The van der Waals surface area contributed by atoms with Crippen molar-refractivity contribution in [2.24, 2.45) is 5.92 Å². The lowest BCUT2D eigenvalue weighted by molar-refractivity contribution is 0.0582. The summed E-state index contributed by atoms with van der Waals surface area (Å²) >= 11 is 0. The van der Waals surface area contributed by atoms with Gasteiger partial charge >= 0.3 is 5.97 Å². The molecular weight excluding hydrogens is 358 g/mol. The number of hydrogen-bond acceptors (Lipinski definition) is 5. The van der Waals surface area contributed by atoms with Gasteiger partial charge in [-0.1, -0.05) is 44.2 Å². The van der Waals surface area contributed by atoms with Gasteiger partial charge < -0.3 is 14.6 Å². The molecule has 1 aromatic heterocycles. The Kier molecular flexibility index (Phi) is 5.68. The molecule has 0 bridgehead atoms. The number of aromatic nitrogens is 1. The fraction of sp³-hybridized carbons (Fsp3) is 0.273. The number of carbonyl (C=O) groups is 1. The third kappa shape index (κ3) is 3.86. The molecule has 146 valence electrons. The van der Waals surface area contributed by atoms with Crippen LogP contribution < -0.4 is 10.3 Å². The zero-order chi connectivity index (χ0) is 20.3. The summed E-state index contributed by atoms with van der Waals surface area (Å²) in [6.45, 7) is 4.49. The van der Waals surface area contributed by atoms with Crippen LogP contribution in [0.2, 0.25) is 0 Å². The number of methoxy groups -OCH3 is 1. The molecule has 6 nitrogen and oxygen atoms in total. The van der Waals surface area contributed by atoms with E-state index in [1.165, 1.54) is 11.7 Å². The molecule has 28 heavy (non-hydrogen) atoms. The Morgan fingerprint density at radius 3 is 2.46 bits per heavy atom. The monoisotopic (exact) mass is 381 g/mol. The Balaban J connectivity index is 2.08. The highest BCUT2D eigenvalue weighted by Gasteiger charge is 2.23. The zero-order valence-electron chi connectivity index (χ0n) is 16.1. The van der Waals surface area contributed by atoms with E-state index in [0.29, 0.717) is 24.3 Å². The molecule has 3 rings (SSSR count). The van der Waals surface area contributed by atoms with E-state index in [4.69, 9.17) is 9.47 Å². The third-order valence-corrected chi connectivity index (χ3v) is 4.39. The van der Waals surface area contributed by atoms with Gasteiger partial charge in [0, 0.05) is 11.9 Å². The van der Waals surface area contributed by atoms with E-state index in [0.717, 1.165) is 5.56 Å². The molecule has 0 saturated carbocycles. The predicted octanol–water partition coefficient (Wildman–Crippen LogP) is 3.73. The zero-order valence-corrected chi connectivity index (χ0v) is 16.1. The summed E-state index contributed by atoms with van der Waals surface area (Å²) in [5.41, 5.74) is 0.500. The quantitative estimate of drug-likeness (QED) is 0.659. The van der Waals surface area contributed by atoms with Crippen LogP contribution in [0.1, 0.15) is 29.9 Å². The van der Waals surface area contributed by atoms with E-state index in [9.17, 15) is 14.7 Å². The minimum atomic E-state index is -0.757. The highest BCUT2D eigenvalue weighted by atomic mass is 16.5. The van der Waals surface area contributed by atoms with Crippen LogP contribution in [0.15, 0.2) is 53.3 Å². The highest BCUT2D eigenvalue weighted by molar-refractivity contribution is 5.99. The van der Waals surface area contributed by atoms with Crippen LogP contribution in [0.5, 0.6) is 11.5 Å². The van der Waals surface area contributed by atoms with Crippen LogP contribution >= 0.6 is 0 Å². The molecule has 0 fully saturated rings. The lowest BCUT2D eigenvalue weighted by atomic mass is 10.1. The summed E-state index contributed by atoms with van der Waals surface area (Å²) in [5, 5.41) is 11.3. The van der Waals surface area contributed by atoms with Gasteiger partial charge in [0.25, 0.3) is 5.56 Å². The molecule has 0 spiro atoms.